The molecule has 0 aliphatic carbocycles. The van der Waals surface area contributed by atoms with Gasteiger partial charge in [0, 0.05) is 17.2 Å². The van der Waals surface area contributed by atoms with Gasteiger partial charge in [0.2, 0.25) is 0 Å². The first-order valence-corrected chi connectivity index (χ1v) is 4.19. The largest absolute Gasteiger partial charge is 0.382 e. The zero-order valence-electron chi connectivity index (χ0n) is 6.26. The van der Waals surface area contributed by atoms with Crippen LogP contribution in [-0.4, -0.2) is 11.5 Å². The molecular formula is C7H10BrN3. The smallest absolute Gasteiger partial charge is 0.147 e. The van der Waals surface area contributed by atoms with Gasteiger partial charge >= 0.3 is 0 Å². The number of hydrogen-bond donors (Lipinski definition) is 2. The van der Waals surface area contributed by atoms with E-state index in [-0.39, 0.29) is 0 Å². The molecule has 0 spiro atoms. The molecule has 0 aromatic carbocycles. The van der Waals surface area contributed by atoms with E-state index in [4.69, 9.17) is 5.73 Å². The molecule has 0 fully saturated rings. The standard InChI is InChI=1S/C7H10BrN3/c1-2-10-6-5(8)3-4-11-7(6)9/h3-4,10H,2H2,1H3,(H2,9,11). The summed E-state index contributed by atoms with van der Waals surface area (Å²) >= 11 is 3.37. The lowest BCUT2D eigenvalue weighted by atomic mass is 10.4. The topological polar surface area (TPSA) is 50.9 Å². The van der Waals surface area contributed by atoms with Gasteiger partial charge in [-0.25, -0.2) is 4.98 Å². The lowest BCUT2D eigenvalue weighted by molar-refractivity contribution is 1.19. The fraction of sp³-hybridized carbons (Fsp3) is 0.286. The number of anilines is 2. The monoisotopic (exact) mass is 215 g/mol. The highest BCUT2D eigenvalue weighted by molar-refractivity contribution is 9.10. The molecule has 1 aromatic heterocycles. The Morgan fingerprint density at radius 2 is 2.45 bits per heavy atom. The number of pyridine rings is 1. The van der Waals surface area contributed by atoms with Crippen LogP contribution in [0.4, 0.5) is 11.5 Å². The van der Waals surface area contributed by atoms with Gasteiger partial charge in [0.05, 0.1) is 5.69 Å². The van der Waals surface area contributed by atoms with Crippen LogP contribution in [0.1, 0.15) is 6.92 Å². The maximum Gasteiger partial charge on any atom is 0.147 e. The summed E-state index contributed by atoms with van der Waals surface area (Å²) in [5.74, 6) is 0.529. The van der Waals surface area contributed by atoms with Crippen molar-refractivity contribution in [1.82, 2.24) is 4.98 Å². The Hall–Kier alpha value is -0.770. The minimum atomic E-state index is 0.529. The maximum absolute atomic E-state index is 5.60. The Bertz CT molecular complexity index is 229. The lowest BCUT2D eigenvalue weighted by Gasteiger charge is -2.07. The van der Waals surface area contributed by atoms with E-state index in [0.29, 0.717) is 5.82 Å². The normalized spacial score (nSPS) is 9.64. The number of hydrogen-bond acceptors (Lipinski definition) is 3. The molecule has 1 heterocycles. The summed E-state index contributed by atoms with van der Waals surface area (Å²) in [6, 6.07) is 1.86. The van der Waals surface area contributed by atoms with Gasteiger partial charge in [0.25, 0.3) is 0 Å². The minimum Gasteiger partial charge on any atom is -0.382 e. The predicted molar refractivity (Wildman–Crippen MR) is 50.5 cm³/mol. The Labute approximate surface area is 74.1 Å². The average molecular weight is 216 g/mol. The third-order valence-corrected chi connectivity index (χ3v) is 1.94. The van der Waals surface area contributed by atoms with Crippen molar-refractivity contribution in [3.8, 4) is 0 Å². The summed E-state index contributed by atoms with van der Waals surface area (Å²) in [6.45, 7) is 2.85. The van der Waals surface area contributed by atoms with Crippen LogP contribution < -0.4 is 11.1 Å². The van der Waals surface area contributed by atoms with Crippen molar-refractivity contribution in [2.45, 2.75) is 6.92 Å². The minimum absolute atomic E-state index is 0.529. The van der Waals surface area contributed by atoms with E-state index in [9.17, 15) is 0 Å². The van der Waals surface area contributed by atoms with Crippen LogP contribution >= 0.6 is 15.9 Å². The SMILES string of the molecule is CCNc1c(Br)ccnc1N. The number of halogens is 1. The summed E-state index contributed by atoms with van der Waals surface area (Å²) in [5.41, 5.74) is 6.47. The van der Waals surface area contributed by atoms with Gasteiger partial charge in [-0.1, -0.05) is 0 Å². The van der Waals surface area contributed by atoms with Crippen molar-refractivity contribution >= 4 is 27.4 Å². The number of nitrogens with one attached hydrogen (secondary N) is 1. The fourth-order valence-electron chi connectivity index (χ4n) is 0.805. The summed E-state index contributed by atoms with van der Waals surface area (Å²) in [7, 11) is 0. The van der Waals surface area contributed by atoms with Crippen molar-refractivity contribution < 1.29 is 0 Å². The molecule has 0 bridgehead atoms. The summed E-state index contributed by atoms with van der Waals surface area (Å²) in [5, 5.41) is 3.11. The van der Waals surface area contributed by atoms with Crippen LogP contribution in [0, 0.1) is 0 Å². The van der Waals surface area contributed by atoms with E-state index in [1.807, 2.05) is 13.0 Å². The maximum atomic E-state index is 5.60. The van der Waals surface area contributed by atoms with Gasteiger partial charge in [-0.2, -0.15) is 0 Å². The molecule has 11 heavy (non-hydrogen) atoms. The first kappa shape index (κ1) is 8.33. The number of nitrogen functional groups attached to an aromatic ring is 1. The first-order chi connectivity index (χ1) is 5.25. The molecule has 0 saturated heterocycles. The zero-order valence-corrected chi connectivity index (χ0v) is 7.85. The molecule has 0 aliphatic heterocycles. The third kappa shape index (κ3) is 1.83. The number of rotatable bonds is 2. The van der Waals surface area contributed by atoms with Crippen LogP contribution in [0.5, 0.6) is 0 Å². The van der Waals surface area contributed by atoms with Crippen molar-refractivity contribution in [2.75, 3.05) is 17.6 Å². The zero-order chi connectivity index (χ0) is 8.27. The van der Waals surface area contributed by atoms with E-state index in [2.05, 4.69) is 26.2 Å². The van der Waals surface area contributed by atoms with Gasteiger partial charge in [0.15, 0.2) is 0 Å². The molecule has 0 aliphatic rings. The molecule has 0 amide bonds. The second-order valence-electron chi connectivity index (χ2n) is 2.08. The lowest BCUT2D eigenvalue weighted by Crippen LogP contribution is -2.02. The van der Waals surface area contributed by atoms with Crippen molar-refractivity contribution in [1.29, 1.82) is 0 Å². The van der Waals surface area contributed by atoms with Crippen LogP contribution in [-0.2, 0) is 0 Å². The van der Waals surface area contributed by atoms with E-state index < -0.39 is 0 Å². The molecule has 1 rings (SSSR count). The Balaban J connectivity index is 3.00. The van der Waals surface area contributed by atoms with Crippen LogP contribution in [0.15, 0.2) is 16.7 Å². The van der Waals surface area contributed by atoms with Crippen molar-refractivity contribution in [3.63, 3.8) is 0 Å². The van der Waals surface area contributed by atoms with E-state index in [0.717, 1.165) is 16.7 Å². The highest BCUT2D eigenvalue weighted by Gasteiger charge is 2.01. The molecular weight excluding hydrogens is 206 g/mol. The first-order valence-electron chi connectivity index (χ1n) is 3.39. The summed E-state index contributed by atoms with van der Waals surface area (Å²) < 4.78 is 0.951. The Morgan fingerprint density at radius 1 is 1.73 bits per heavy atom. The van der Waals surface area contributed by atoms with E-state index >= 15 is 0 Å². The number of nitrogens with zero attached hydrogens (tertiary/aromatic N) is 1. The average Bonchev–Trinajstić information content (AvgIpc) is 1.97. The third-order valence-electron chi connectivity index (χ3n) is 1.28. The molecule has 0 unspecified atom stereocenters. The summed E-state index contributed by atoms with van der Waals surface area (Å²) in [4.78, 5) is 3.94. The number of nitrogens with two attached hydrogens (primary N) is 1. The molecule has 4 heteroatoms. The second-order valence-corrected chi connectivity index (χ2v) is 2.94. The predicted octanol–water partition coefficient (Wildman–Crippen LogP) is 1.86. The van der Waals surface area contributed by atoms with Gasteiger partial charge < -0.3 is 11.1 Å². The van der Waals surface area contributed by atoms with Gasteiger partial charge in [-0.05, 0) is 28.9 Å². The van der Waals surface area contributed by atoms with Gasteiger partial charge in [-0.3, -0.25) is 0 Å². The van der Waals surface area contributed by atoms with Gasteiger partial charge in [0.1, 0.15) is 5.82 Å². The quantitative estimate of drug-likeness (QED) is 0.793. The molecule has 0 saturated carbocycles. The van der Waals surface area contributed by atoms with Gasteiger partial charge in [-0.15, -0.1) is 0 Å². The van der Waals surface area contributed by atoms with Crippen LogP contribution in [0.3, 0.4) is 0 Å². The summed E-state index contributed by atoms with van der Waals surface area (Å²) in [6.07, 6.45) is 1.67. The highest BCUT2D eigenvalue weighted by atomic mass is 79.9. The van der Waals surface area contributed by atoms with Crippen LogP contribution in [0.25, 0.3) is 0 Å². The van der Waals surface area contributed by atoms with Crippen LogP contribution in [0.2, 0.25) is 0 Å². The molecule has 0 atom stereocenters. The Morgan fingerprint density at radius 3 is 3.00 bits per heavy atom. The molecule has 3 nitrogen and oxygen atoms in total. The fourth-order valence-corrected chi connectivity index (χ4v) is 1.27. The molecule has 0 radical (unpaired) electrons. The van der Waals surface area contributed by atoms with E-state index in [1.54, 1.807) is 6.20 Å². The number of aromatic nitrogens is 1. The molecule has 1 aromatic rings. The highest BCUT2D eigenvalue weighted by Crippen LogP contribution is 2.25. The molecule has 60 valence electrons. The van der Waals surface area contributed by atoms with Crippen molar-refractivity contribution in [3.05, 3.63) is 16.7 Å². The van der Waals surface area contributed by atoms with Crippen molar-refractivity contribution in [2.24, 2.45) is 0 Å². The molecule has 3 N–H and O–H groups in total. The van der Waals surface area contributed by atoms with E-state index in [1.165, 1.54) is 0 Å². The Kier molecular flexibility index (Phi) is 2.70. The second kappa shape index (κ2) is 3.57.